The lowest BCUT2D eigenvalue weighted by Crippen LogP contribution is -2.59. The van der Waals surface area contributed by atoms with E-state index < -0.39 is 17.5 Å². The van der Waals surface area contributed by atoms with E-state index in [9.17, 15) is 14.4 Å². The molecule has 1 saturated heterocycles. The Bertz CT molecular complexity index is 1000. The van der Waals surface area contributed by atoms with Crippen LogP contribution in [0.4, 0.5) is 0 Å². The number of likely N-dealkylation sites (tertiary alicyclic amines) is 1. The van der Waals surface area contributed by atoms with Crippen molar-refractivity contribution < 1.29 is 14.4 Å². The van der Waals surface area contributed by atoms with Gasteiger partial charge in [-0.15, -0.1) is 0 Å². The van der Waals surface area contributed by atoms with E-state index in [1.54, 1.807) is 31.3 Å². The highest BCUT2D eigenvalue weighted by Gasteiger charge is 2.40. The second-order valence-electron chi connectivity index (χ2n) is 10.6. The number of carbonyl (C=O) groups is 3. The molecule has 0 saturated carbocycles. The number of nitrogens with zero attached hydrogens (tertiary/aromatic N) is 3. The molecule has 2 unspecified atom stereocenters. The van der Waals surface area contributed by atoms with Crippen molar-refractivity contribution in [2.45, 2.75) is 65.1 Å². The Hall–Kier alpha value is -3.20. The number of aromatic nitrogens is 2. The third-order valence-corrected chi connectivity index (χ3v) is 6.82. The van der Waals surface area contributed by atoms with Crippen molar-refractivity contribution in [3.63, 3.8) is 0 Å². The van der Waals surface area contributed by atoms with E-state index in [4.69, 9.17) is 0 Å². The maximum absolute atomic E-state index is 13.8. The predicted molar refractivity (Wildman–Crippen MR) is 139 cm³/mol. The van der Waals surface area contributed by atoms with E-state index in [-0.39, 0.29) is 23.8 Å². The van der Waals surface area contributed by atoms with Crippen molar-refractivity contribution in [1.82, 2.24) is 30.4 Å². The molecular formula is C27H40N6O3. The van der Waals surface area contributed by atoms with Crippen molar-refractivity contribution in [1.29, 1.82) is 0 Å². The van der Waals surface area contributed by atoms with Gasteiger partial charge < -0.3 is 25.4 Å². The second-order valence-corrected chi connectivity index (χ2v) is 10.6. The van der Waals surface area contributed by atoms with E-state index in [0.717, 1.165) is 18.4 Å². The number of hydrogen-bond acceptors (Lipinski definition) is 5. The van der Waals surface area contributed by atoms with Gasteiger partial charge in [0.2, 0.25) is 11.8 Å². The first-order chi connectivity index (χ1) is 17.1. The molecule has 3 amide bonds. The number of carbonyl (C=O) groups excluding carboxylic acids is 3. The molecule has 1 aliphatic rings. The van der Waals surface area contributed by atoms with Crippen LogP contribution in [-0.4, -0.2) is 82.3 Å². The number of H-pyrrole nitrogens is 1. The van der Waals surface area contributed by atoms with Crippen LogP contribution in [-0.2, 0) is 16.0 Å². The van der Waals surface area contributed by atoms with Crippen LogP contribution >= 0.6 is 0 Å². The molecule has 196 valence electrons. The molecule has 1 aromatic heterocycles. The summed E-state index contributed by atoms with van der Waals surface area (Å²) in [6.45, 7) is 9.17. The van der Waals surface area contributed by atoms with Gasteiger partial charge in [-0.1, -0.05) is 51.1 Å². The minimum atomic E-state index is -0.667. The number of rotatable bonds is 10. The molecule has 2 heterocycles. The summed E-state index contributed by atoms with van der Waals surface area (Å²) in [5.74, 6) is -0.201. The normalized spacial score (nSPS) is 17.5. The zero-order chi connectivity index (χ0) is 26.3. The summed E-state index contributed by atoms with van der Waals surface area (Å²) in [5.41, 5.74) is 0.674. The third kappa shape index (κ3) is 6.94. The van der Waals surface area contributed by atoms with Crippen molar-refractivity contribution in [3.8, 4) is 0 Å². The molecule has 2 aromatic rings. The van der Waals surface area contributed by atoms with Gasteiger partial charge in [0.15, 0.2) is 5.82 Å². The summed E-state index contributed by atoms with van der Waals surface area (Å²) >= 11 is 0. The van der Waals surface area contributed by atoms with Crippen LogP contribution in [0, 0.1) is 5.41 Å². The summed E-state index contributed by atoms with van der Waals surface area (Å²) in [4.78, 5) is 50.4. The lowest BCUT2D eigenvalue weighted by atomic mass is 9.85. The van der Waals surface area contributed by atoms with Crippen LogP contribution in [0.15, 0.2) is 42.7 Å². The highest BCUT2D eigenvalue weighted by atomic mass is 16.2. The van der Waals surface area contributed by atoms with Crippen molar-refractivity contribution in [2.75, 3.05) is 26.7 Å². The minimum Gasteiger partial charge on any atom is -0.342 e. The quantitative estimate of drug-likeness (QED) is 0.467. The highest BCUT2D eigenvalue weighted by molar-refractivity contribution is 5.91. The molecule has 0 spiro atoms. The molecule has 0 radical (unpaired) electrons. The van der Waals surface area contributed by atoms with E-state index in [2.05, 4.69) is 20.6 Å². The summed E-state index contributed by atoms with van der Waals surface area (Å²) in [6, 6.07) is 8.83. The highest BCUT2D eigenvalue weighted by Crippen LogP contribution is 2.26. The van der Waals surface area contributed by atoms with Gasteiger partial charge in [0.1, 0.15) is 6.04 Å². The average molecular weight is 497 g/mol. The van der Waals surface area contributed by atoms with Gasteiger partial charge in [-0.05, 0) is 44.2 Å². The summed E-state index contributed by atoms with van der Waals surface area (Å²) < 4.78 is 0. The Morgan fingerprint density at radius 2 is 1.94 bits per heavy atom. The molecule has 36 heavy (non-hydrogen) atoms. The monoisotopic (exact) mass is 496 g/mol. The van der Waals surface area contributed by atoms with Gasteiger partial charge in [0.25, 0.3) is 5.91 Å². The number of benzene rings is 1. The van der Waals surface area contributed by atoms with Crippen LogP contribution in [0.5, 0.6) is 0 Å². The minimum absolute atomic E-state index is 0.102. The van der Waals surface area contributed by atoms with Gasteiger partial charge in [0, 0.05) is 38.1 Å². The standard InChI is InChI=1S/C27H40N6O3/c1-19(28-5)24(34)31-22(27(2,3)4)25(35)33-16-9-12-21(33)18-32(26(36)23-29-14-15-30-23)17-13-20-10-7-6-8-11-20/h6-8,10-11,14-15,19,21-22,28H,9,12-13,16-18H2,1-5H3,(H,29,30)(H,31,34)/t19-,21?,22?/m0/s1. The topological polar surface area (TPSA) is 110 Å². The first-order valence-electron chi connectivity index (χ1n) is 12.7. The number of likely N-dealkylation sites (N-methyl/N-ethyl adjacent to an activating group) is 1. The zero-order valence-electron chi connectivity index (χ0n) is 22.1. The Morgan fingerprint density at radius 3 is 2.56 bits per heavy atom. The maximum atomic E-state index is 13.8. The number of nitrogens with one attached hydrogen (secondary N) is 3. The van der Waals surface area contributed by atoms with Crippen LogP contribution in [0.3, 0.4) is 0 Å². The average Bonchev–Trinajstić information content (AvgIpc) is 3.56. The molecule has 3 rings (SSSR count). The van der Waals surface area contributed by atoms with Crippen molar-refractivity contribution in [3.05, 3.63) is 54.1 Å². The molecule has 1 fully saturated rings. The van der Waals surface area contributed by atoms with Gasteiger partial charge in [-0.3, -0.25) is 14.4 Å². The first kappa shape index (κ1) is 27.4. The summed E-state index contributed by atoms with van der Waals surface area (Å²) in [6.07, 6.45) is 5.57. The van der Waals surface area contributed by atoms with Crippen LogP contribution in [0.1, 0.15) is 56.7 Å². The van der Waals surface area contributed by atoms with Gasteiger partial charge in [0.05, 0.1) is 6.04 Å². The molecule has 3 atom stereocenters. The first-order valence-corrected chi connectivity index (χ1v) is 12.7. The van der Waals surface area contributed by atoms with Crippen LogP contribution in [0.2, 0.25) is 0 Å². The van der Waals surface area contributed by atoms with Gasteiger partial charge in [-0.25, -0.2) is 4.98 Å². The Kier molecular flexibility index (Phi) is 9.25. The fourth-order valence-corrected chi connectivity index (χ4v) is 4.50. The molecule has 1 aliphatic heterocycles. The summed E-state index contributed by atoms with van der Waals surface area (Å²) in [7, 11) is 1.72. The fourth-order valence-electron chi connectivity index (χ4n) is 4.50. The fraction of sp³-hybridized carbons (Fsp3) is 0.556. The van der Waals surface area contributed by atoms with E-state index >= 15 is 0 Å². The third-order valence-electron chi connectivity index (χ3n) is 6.82. The van der Waals surface area contributed by atoms with E-state index in [1.165, 1.54) is 0 Å². The van der Waals surface area contributed by atoms with E-state index in [0.29, 0.717) is 31.9 Å². The summed E-state index contributed by atoms with van der Waals surface area (Å²) in [5, 5.41) is 5.89. The number of imidazole rings is 1. The van der Waals surface area contributed by atoms with Crippen LogP contribution in [0.25, 0.3) is 0 Å². The molecule has 9 nitrogen and oxygen atoms in total. The molecule has 0 aliphatic carbocycles. The molecular weight excluding hydrogens is 456 g/mol. The number of aromatic amines is 1. The smallest absolute Gasteiger partial charge is 0.289 e. The largest absolute Gasteiger partial charge is 0.342 e. The maximum Gasteiger partial charge on any atom is 0.289 e. The Balaban J connectivity index is 1.78. The predicted octanol–water partition coefficient (Wildman–Crippen LogP) is 2.22. The van der Waals surface area contributed by atoms with Crippen molar-refractivity contribution in [2.24, 2.45) is 5.41 Å². The van der Waals surface area contributed by atoms with Crippen molar-refractivity contribution >= 4 is 17.7 Å². The lowest BCUT2D eigenvalue weighted by Gasteiger charge is -2.37. The van der Waals surface area contributed by atoms with Gasteiger partial charge in [-0.2, -0.15) is 0 Å². The Morgan fingerprint density at radius 1 is 1.22 bits per heavy atom. The molecule has 3 N–H and O–H groups in total. The lowest BCUT2D eigenvalue weighted by molar-refractivity contribution is -0.140. The SMILES string of the molecule is CN[C@@H](C)C(=O)NC(C(=O)N1CCCC1CN(CCc1ccccc1)C(=O)c1ncc[nH]1)C(C)(C)C. The molecule has 9 heteroatoms. The number of amides is 3. The molecule has 1 aromatic carbocycles. The van der Waals surface area contributed by atoms with Crippen LogP contribution < -0.4 is 10.6 Å². The second kappa shape index (κ2) is 12.2. The zero-order valence-corrected chi connectivity index (χ0v) is 22.1. The number of hydrogen-bond donors (Lipinski definition) is 3. The Labute approximate surface area is 214 Å². The van der Waals surface area contributed by atoms with E-state index in [1.807, 2.05) is 56.0 Å². The molecule has 0 bridgehead atoms. The van der Waals surface area contributed by atoms with Gasteiger partial charge >= 0.3 is 0 Å².